The lowest BCUT2D eigenvalue weighted by molar-refractivity contribution is 0.360. The molecular weight excluding hydrogens is 268 g/mol. The molecule has 0 N–H and O–H groups in total. The van der Waals surface area contributed by atoms with Crippen molar-refractivity contribution in [3.63, 3.8) is 0 Å². The molecule has 118 valence electrons. The van der Waals surface area contributed by atoms with Gasteiger partial charge in [-0.25, -0.2) is 0 Å². The van der Waals surface area contributed by atoms with E-state index in [2.05, 4.69) is 62.8 Å². The lowest BCUT2D eigenvalue weighted by atomic mass is 9.80. The van der Waals surface area contributed by atoms with Gasteiger partial charge in [0.1, 0.15) is 0 Å². The third-order valence-electron chi connectivity index (χ3n) is 3.70. The van der Waals surface area contributed by atoms with Crippen molar-refractivity contribution >= 4 is 0 Å². The second-order valence-corrected chi connectivity index (χ2v) is 8.31. The van der Waals surface area contributed by atoms with Crippen molar-refractivity contribution in [1.82, 2.24) is 9.97 Å². The minimum Gasteiger partial charge on any atom is -0.265 e. The van der Waals surface area contributed by atoms with E-state index in [1.807, 2.05) is 24.8 Å². The average Bonchev–Trinajstić information content (AvgIpc) is 2.36. The molecule has 2 heterocycles. The van der Waals surface area contributed by atoms with E-state index in [-0.39, 0.29) is 5.41 Å². The van der Waals surface area contributed by atoms with E-state index < -0.39 is 0 Å². The quantitative estimate of drug-likeness (QED) is 0.786. The molecule has 2 aromatic rings. The van der Waals surface area contributed by atoms with Crippen LogP contribution >= 0.6 is 0 Å². The predicted molar refractivity (Wildman–Crippen MR) is 92.8 cm³/mol. The largest absolute Gasteiger partial charge is 0.265 e. The Labute approximate surface area is 135 Å². The Bertz CT molecular complexity index is 595. The maximum atomic E-state index is 4.45. The number of nitrogens with zero attached hydrogens (tertiary/aromatic N) is 2. The van der Waals surface area contributed by atoms with E-state index >= 15 is 0 Å². The zero-order valence-electron chi connectivity index (χ0n) is 14.6. The van der Waals surface area contributed by atoms with Crippen molar-refractivity contribution in [2.75, 3.05) is 0 Å². The van der Waals surface area contributed by atoms with Gasteiger partial charge in [0.2, 0.25) is 0 Å². The maximum absolute atomic E-state index is 4.45. The number of hydrogen-bond acceptors (Lipinski definition) is 2. The SMILES string of the molecule is CC(C)(C)Cc1cncc(CC(C)(C)Cc2ccncc2)c1. The van der Waals surface area contributed by atoms with E-state index in [4.69, 9.17) is 0 Å². The second kappa shape index (κ2) is 6.60. The summed E-state index contributed by atoms with van der Waals surface area (Å²) in [6.45, 7) is 11.5. The summed E-state index contributed by atoms with van der Waals surface area (Å²) in [6, 6.07) is 6.54. The molecule has 0 bridgehead atoms. The van der Waals surface area contributed by atoms with Gasteiger partial charge >= 0.3 is 0 Å². The number of rotatable bonds is 5. The molecule has 0 aliphatic rings. The molecule has 0 aliphatic carbocycles. The normalized spacial score (nSPS) is 12.4. The van der Waals surface area contributed by atoms with Crippen molar-refractivity contribution in [2.24, 2.45) is 10.8 Å². The summed E-state index contributed by atoms with van der Waals surface area (Å²) in [7, 11) is 0. The molecule has 22 heavy (non-hydrogen) atoms. The Hall–Kier alpha value is -1.70. The molecule has 0 fully saturated rings. The van der Waals surface area contributed by atoms with Crippen molar-refractivity contribution < 1.29 is 0 Å². The minimum absolute atomic E-state index is 0.212. The van der Waals surface area contributed by atoms with Gasteiger partial charge in [-0.2, -0.15) is 0 Å². The van der Waals surface area contributed by atoms with Crippen molar-refractivity contribution in [3.05, 3.63) is 59.7 Å². The average molecular weight is 296 g/mol. The van der Waals surface area contributed by atoms with Gasteiger partial charge in [0.05, 0.1) is 0 Å². The smallest absolute Gasteiger partial charge is 0.0300 e. The fourth-order valence-corrected chi connectivity index (χ4v) is 3.02. The van der Waals surface area contributed by atoms with E-state index in [1.54, 1.807) is 0 Å². The summed E-state index contributed by atoms with van der Waals surface area (Å²) in [6.07, 6.45) is 10.9. The molecule has 2 heteroatoms. The molecule has 0 saturated carbocycles. The molecule has 0 aliphatic heterocycles. The zero-order chi connectivity index (χ0) is 16.2. The first-order valence-corrected chi connectivity index (χ1v) is 8.05. The highest BCUT2D eigenvalue weighted by molar-refractivity contribution is 5.21. The molecule has 0 atom stereocenters. The van der Waals surface area contributed by atoms with E-state index in [0.717, 1.165) is 19.3 Å². The van der Waals surface area contributed by atoms with Gasteiger partial charge in [0, 0.05) is 24.8 Å². The number of aromatic nitrogens is 2. The van der Waals surface area contributed by atoms with Gasteiger partial charge in [-0.05, 0) is 58.9 Å². The Morgan fingerprint density at radius 3 is 1.86 bits per heavy atom. The summed E-state index contributed by atoms with van der Waals surface area (Å²) in [4.78, 5) is 8.55. The summed E-state index contributed by atoms with van der Waals surface area (Å²) in [5, 5.41) is 0. The van der Waals surface area contributed by atoms with Crippen LogP contribution in [-0.2, 0) is 19.3 Å². The Balaban J connectivity index is 2.07. The third kappa shape index (κ3) is 5.59. The fraction of sp³-hybridized carbons (Fsp3) is 0.500. The van der Waals surface area contributed by atoms with Crippen molar-refractivity contribution in [3.8, 4) is 0 Å². The molecule has 2 rings (SSSR count). The van der Waals surface area contributed by atoms with Crippen LogP contribution in [-0.4, -0.2) is 9.97 Å². The highest BCUT2D eigenvalue weighted by Crippen LogP contribution is 2.27. The van der Waals surface area contributed by atoms with Crippen LogP contribution in [0.5, 0.6) is 0 Å². The van der Waals surface area contributed by atoms with Crippen LogP contribution in [0.1, 0.15) is 51.3 Å². The molecule has 0 spiro atoms. The van der Waals surface area contributed by atoms with Gasteiger partial charge < -0.3 is 0 Å². The summed E-state index contributed by atoms with van der Waals surface area (Å²) in [5.74, 6) is 0. The molecule has 0 aromatic carbocycles. The van der Waals surface area contributed by atoms with Gasteiger partial charge in [0.15, 0.2) is 0 Å². The zero-order valence-corrected chi connectivity index (χ0v) is 14.6. The Morgan fingerprint density at radius 1 is 0.727 bits per heavy atom. The van der Waals surface area contributed by atoms with Crippen LogP contribution in [0.3, 0.4) is 0 Å². The lowest BCUT2D eigenvalue weighted by Gasteiger charge is -2.25. The van der Waals surface area contributed by atoms with Gasteiger partial charge in [-0.1, -0.05) is 40.7 Å². The second-order valence-electron chi connectivity index (χ2n) is 8.31. The van der Waals surface area contributed by atoms with E-state index in [1.165, 1.54) is 16.7 Å². The first kappa shape index (κ1) is 16.7. The molecule has 0 radical (unpaired) electrons. The number of hydrogen-bond donors (Lipinski definition) is 0. The van der Waals surface area contributed by atoms with Crippen LogP contribution in [0.15, 0.2) is 43.0 Å². The van der Waals surface area contributed by atoms with Gasteiger partial charge in [-0.15, -0.1) is 0 Å². The van der Waals surface area contributed by atoms with Gasteiger partial charge in [-0.3, -0.25) is 9.97 Å². The van der Waals surface area contributed by atoms with Crippen LogP contribution < -0.4 is 0 Å². The maximum Gasteiger partial charge on any atom is 0.0300 e. The van der Waals surface area contributed by atoms with Crippen molar-refractivity contribution in [2.45, 2.75) is 53.9 Å². The monoisotopic (exact) mass is 296 g/mol. The first-order chi connectivity index (χ1) is 10.2. The standard InChI is InChI=1S/C20H28N2/c1-19(2,3)11-17-10-18(15-22-14-17)13-20(4,5)12-16-6-8-21-9-7-16/h6-10,14-15H,11-13H2,1-5H3. The number of pyridine rings is 2. The summed E-state index contributed by atoms with van der Waals surface area (Å²) in [5.41, 5.74) is 4.53. The van der Waals surface area contributed by atoms with Crippen LogP contribution in [0.2, 0.25) is 0 Å². The molecule has 0 amide bonds. The van der Waals surface area contributed by atoms with E-state index in [9.17, 15) is 0 Å². The molecule has 2 nitrogen and oxygen atoms in total. The lowest BCUT2D eigenvalue weighted by Crippen LogP contribution is -2.19. The topological polar surface area (TPSA) is 25.8 Å². The summed E-state index contributed by atoms with van der Waals surface area (Å²) < 4.78 is 0. The Kier molecular flexibility index (Phi) is 5.00. The predicted octanol–water partition coefficient (Wildman–Crippen LogP) is 4.88. The van der Waals surface area contributed by atoms with Gasteiger partial charge in [0.25, 0.3) is 0 Å². The van der Waals surface area contributed by atoms with Crippen LogP contribution in [0, 0.1) is 10.8 Å². The minimum atomic E-state index is 0.212. The van der Waals surface area contributed by atoms with Crippen LogP contribution in [0.4, 0.5) is 0 Å². The highest BCUT2D eigenvalue weighted by Gasteiger charge is 2.20. The van der Waals surface area contributed by atoms with Crippen molar-refractivity contribution in [1.29, 1.82) is 0 Å². The third-order valence-corrected chi connectivity index (χ3v) is 3.70. The van der Waals surface area contributed by atoms with E-state index in [0.29, 0.717) is 5.41 Å². The van der Waals surface area contributed by atoms with Crippen LogP contribution in [0.25, 0.3) is 0 Å². The molecular formula is C20H28N2. The summed E-state index contributed by atoms with van der Waals surface area (Å²) >= 11 is 0. The molecule has 2 aromatic heterocycles. The highest BCUT2D eigenvalue weighted by atomic mass is 14.6. The Morgan fingerprint density at radius 2 is 1.27 bits per heavy atom. The molecule has 0 unspecified atom stereocenters. The first-order valence-electron chi connectivity index (χ1n) is 8.05. The molecule has 0 saturated heterocycles. The fourth-order valence-electron chi connectivity index (χ4n) is 3.02.